The molecule has 0 aliphatic carbocycles. The molecule has 200 valence electrons. The number of fused-ring (bicyclic) bond motifs is 4. The van der Waals surface area contributed by atoms with Crippen LogP contribution in [-0.2, 0) is 11.2 Å². The molecular formula is C28H30F2N4O4. The Kier molecular flexibility index (Phi) is 6.83. The monoisotopic (exact) mass is 524 g/mol. The quantitative estimate of drug-likeness (QED) is 0.203. The molecule has 0 radical (unpaired) electrons. The minimum Gasteiger partial charge on any atom is -0.508 e. The van der Waals surface area contributed by atoms with Gasteiger partial charge in [-0.15, -0.1) is 6.58 Å². The number of amides is 3. The average Bonchev–Trinajstić information content (AvgIpc) is 3.31. The number of imide groups is 1. The van der Waals surface area contributed by atoms with Crippen LogP contribution in [0.3, 0.4) is 0 Å². The van der Waals surface area contributed by atoms with E-state index in [1.54, 1.807) is 36.1 Å². The molecule has 1 saturated heterocycles. The maximum atomic E-state index is 13.8. The molecule has 1 fully saturated rings. The number of ether oxygens (including phenoxy) is 1. The first-order valence-corrected chi connectivity index (χ1v) is 12.6. The van der Waals surface area contributed by atoms with Gasteiger partial charge in [0.05, 0.1) is 0 Å². The number of rotatable bonds is 10. The number of H-pyrrole nitrogens is 1. The van der Waals surface area contributed by atoms with Crippen molar-refractivity contribution in [3.05, 3.63) is 71.9 Å². The molecule has 2 aromatic carbocycles. The molecule has 3 amide bonds. The molecule has 2 aliphatic rings. The maximum absolute atomic E-state index is 13.8. The van der Waals surface area contributed by atoms with Gasteiger partial charge in [-0.1, -0.05) is 18.2 Å². The summed E-state index contributed by atoms with van der Waals surface area (Å²) in [4.78, 5) is 33.8. The van der Waals surface area contributed by atoms with E-state index in [0.29, 0.717) is 35.1 Å². The maximum Gasteiger partial charge on any atom is 0.387 e. The predicted octanol–water partition coefficient (Wildman–Crippen LogP) is 4.70. The highest BCUT2D eigenvalue weighted by atomic mass is 19.3. The second-order valence-electron chi connectivity index (χ2n) is 9.84. The minimum atomic E-state index is -2.97. The van der Waals surface area contributed by atoms with Crippen molar-refractivity contribution in [2.24, 2.45) is 0 Å². The average molecular weight is 525 g/mol. The molecule has 0 saturated carbocycles. The lowest BCUT2D eigenvalue weighted by Gasteiger charge is -2.42. The fraction of sp³-hybridized carbons (Fsp3) is 0.357. The van der Waals surface area contributed by atoms with Gasteiger partial charge in [0.1, 0.15) is 23.1 Å². The molecule has 2 aliphatic heterocycles. The third-order valence-corrected chi connectivity index (χ3v) is 7.31. The van der Waals surface area contributed by atoms with Crippen LogP contribution >= 0.6 is 0 Å². The number of nitrogens with zero attached hydrogens (tertiary/aromatic N) is 2. The highest BCUT2D eigenvalue weighted by Gasteiger charge is 2.60. The Balaban J connectivity index is 1.55. The van der Waals surface area contributed by atoms with Crippen molar-refractivity contribution in [3.63, 3.8) is 0 Å². The van der Waals surface area contributed by atoms with Crippen LogP contribution in [0.5, 0.6) is 11.5 Å². The summed E-state index contributed by atoms with van der Waals surface area (Å²) in [5.41, 5.74) is 1.52. The van der Waals surface area contributed by atoms with Gasteiger partial charge in [-0.3, -0.25) is 14.6 Å². The number of hydrogen-bond acceptors (Lipinski definition) is 5. The summed E-state index contributed by atoms with van der Waals surface area (Å²) in [6, 6.07) is 10.1. The Hall–Kier alpha value is -3.92. The highest BCUT2D eigenvalue weighted by Crippen LogP contribution is 2.49. The molecule has 1 aromatic heterocycles. The van der Waals surface area contributed by atoms with E-state index >= 15 is 0 Å². The molecule has 10 heteroatoms. The molecule has 3 N–H and O–H groups in total. The van der Waals surface area contributed by atoms with Gasteiger partial charge in [0.25, 0.3) is 5.91 Å². The van der Waals surface area contributed by atoms with Crippen LogP contribution in [0.1, 0.15) is 42.6 Å². The minimum absolute atomic E-state index is 0.00944. The van der Waals surface area contributed by atoms with Gasteiger partial charge < -0.3 is 20.1 Å². The Morgan fingerprint density at radius 2 is 2.08 bits per heavy atom. The van der Waals surface area contributed by atoms with Crippen molar-refractivity contribution in [3.8, 4) is 11.5 Å². The Labute approximate surface area is 218 Å². The normalized spacial score (nSPS) is 20.8. The molecule has 3 aromatic rings. The van der Waals surface area contributed by atoms with E-state index in [1.165, 1.54) is 23.1 Å². The Morgan fingerprint density at radius 1 is 1.26 bits per heavy atom. The van der Waals surface area contributed by atoms with Gasteiger partial charge in [-0.05, 0) is 74.3 Å². The number of benzene rings is 2. The van der Waals surface area contributed by atoms with Gasteiger partial charge in [-0.25, -0.2) is 4.79 Å². The van der Waals surface area contributed by atoms with Crippen molar-refractivity contribution in [1.29, 1.82) is 0 Å². The molecule has 0 spiro atoms. The van der Waals surface area contributed by atoms with Crippen molar-refractivity contribution >= 4 is 22.8 Å². The van der Waals surface area contributed by atoms with Crippen LogP contribution in [0.2, 0.25) is 0 Å². The summed E-state index contributed by atoms with van der Waals surface area (Å²) in [7, 11) is 0. The summed E-state index contributed by atoms with van der Waals surface area (Å²) < 4.78 is 30.5. The SMILES string of the molecule is C=CCCNCCCN1C(=O)N2[C@H](c3cccc(O)c3)c3[nH]c4ccc(OC(F)F)cc4c3C[C@@]2(C)C1=O. The molecule has 0 bridgehead atoms. The predicted molar refractivity (Wildman–Crippen MR) is 138 cm³/mol. The van der Waals surface area contributed by atoms with E-state index in [-0.39, 0.29) is 30.4 Å². The zero-order valence-corrected chi connectivity index (χ0v) is 21.0. The smallest absolute Gasteiger partial charge is 0.387 e. The van der Waals surface area contributed by atoms with E-state index in [2.05, 4.69) is 21.6 Å². The highest BCUT2D eigenvalue weighted by molar-refractivity contribution is 6.08. The number of hydrogen-bond donors (Lipinski definition) is 3. The lowest BCUT2D eigenvalue weighted by Crippen LogP contribution is -2.53. The van der Waals surface area contributed by atoms with E-state index in [9.17, 15) is 23.5 Å². The largest absolute Gasteiger partial charge is 0.508 e. The van der Waals surface area contributed by atoms with E-state index in [4.69, 9.17) is 0 Å². The topological polar surface area (TPSA) is 97.9 Å². The molecule has 8 nitrogen and oxygen atoms in total. The fourth-order valence-corrected chi connectivity index (χ4v) is 5.60. The Morgan fingerprint density at radius 3 is 2.82 bits per heavy atom. The van der Waals surface area contributed by atoms with Crippen molar-refractivity contribution in [2.45, 2.75) is 44.4 Å². The van der Waals surface area contributed by atoms with Gasteiger partial charge in [-0.2, -0.15) is 8.78 Å². The first kappa shape index (κ1) is 25.7. The first-order chi connectivity index (χ1) is 18.2. The molecule has 2 atom stereocenters. The van der Waals surface area contributed by atoms with Crippen LogP contribution in [0, 0.1) is 0 Å². The van der Waals surface area contributed by atoms with Crippen LogP contribution in [-0.4, -0.2) is 63.6 Å². The molecule has 38 heavy (non-hydrogen) atoms. The second kappa shape index (κ2) is 10.1. The first-order valence-electron chi connectivity index (χ1n) is 12.6. The van der Waals surface area contributed by atoms with Gasteiger partial charge in [0.2, 0.25) is 0 Å². The number of carbonyl (C=O) groups excluding carboxylic acids is 2. The number of halogens is 2. The van der Waals surface area contributed by atoms with Crippen LogP contribution in [0.4, 0.5) is 13.6 Å². The molecular weight excluding hydrogens is 494 g/mol. The number of phenolic OH excluding ortho intramolecular Hbond substituents is 1. The third kappa shape index (κ3) is 4.38. The summed E-state index contributed by atoms with van der Waals surface area (Å²) in [6.45, 7) is 4.15. The van der Waals surface area contributed by atoms with E-state index in [1.807, 2.05) is 6.08 Å². The van der Waals surface area contributed by atoms with Gasteiger partial charge >= 0.3 is 12.6 Å². The number of alkyl halides is 2. The van der Waals surface area contributed by atoms with E-state index in [0.717, 1.165) is 18.5 Å². The lowest BCUT2D eigenvalue weighted by molar-refractivity contribution is -0.133. The molecule has 3 heterocycles. The van der Waals surface area contributed by atoms with Crippen LogP contribution < -0.4 is 10.1 Å². The molecule has 5 rings (SSSR count). The van der Waals surface area contributed by atoms with Gasteiger partial charge in [0, 0.05) is 29.6 Å². The summed E-state index contributed by atoms with van der Waals surface area (Å²) in [5, 5.41) is 14.2. The number of carbonyl (C=O) groups is 2. The zero-order chi connectivity index (χ0) is 27.0. The zero-order valence-electron chi connectivity index (χ0n) is 21.0. The second-order valence-corrected chi connectivity index (χ2v) is 9.84. The van der Waals surface area contributed by atoms with Crippen molar-refractivity contribution < 1.29 is 28.2 Å². The van der Waals surface area contributed by atoms with Crippen molar-refractivity contribution in [1.82, 2.24) is 20.1 Å². The number of aromatic amines is 1. The standard InChI is InChI=1S/C28H30F2N4O4/c1-3-4-11-31-12-6-13-33-25(36)28(2)16-21-20-15-19(38-26(29)30)9-10-22(20)32-23(21)24(34(28)27(33)37)17-7-5-8-18(35)14-17/h3,5,7-10,14-15,24,26,31-32,35H,1,4,6,11-13,16H2,2H3/t24-,28+/m1/s1. The Bertz CT molecular complexity index is 1390. The fourth-order valence-electron chi connectivity index (χ4n) is 5.60. The number of nitrogens with one attached hydrogen (secondary N) is 2. The number of aromatic hydroxyl groups is 1. The third-order valence-electron chi connectivity index (χ3n) is 7.31. The van der Waals surface area contributed by atoms with Crippen molar-refractivity contribution in [2.75, 3.05) is 19.6 Å². The number of phenols is 1. The van der Waals surface area contributed by atoms with Gasteiger partial charge in [0.15, 0.2) is 0 Å². The van der Waals surface area contributed by atoms with E-state index < -0.39 is 24.2 Å². The molecule has 0 unspecified atom stereocenters. The van der Waals surface area contributed by atoms with Crippen LogP contribution in [0.25, 0.3) is 10.9 Å². The summed E-state index contributed by atoms with van der Waals surface area (Å²) in [5.74, 6) is -0.269. The number of aromatic nitrogens is 1. The summed E-state index contributed by atoms with van der Waals surface area (Å²) in [6.07, 6.45) is 3.45. The lowest BCUT2D eigenvalue weighted by atomic mass is 9.81. The van der Waals surface area contributed by atoms with Crippen LogP contribution in [0.15, 0.2) is 55.1 Å². The summed E-state index contributed by atoms with van der Waals surface area (Å²) >= 11 is 0. The number of urea groups is 1.